The van der Waals surface area contributed by atoms with Crippen LogP contribution in [0.15, 0.2) is 46.5 Å². The molecule has 0 spiro atoms. The third kappa shape index (κ3) is 4.40. The van der Waals surface area contributed by atoms with Crippen molar-refractivity contribution in [2.24, 2.45) is 0 Å². The maximum atomic E-state index is 13.0. The second-order valence-corrected chi connectivity index (χ2v) is 11.1. The number of hydrogen-bond acceptors (Lipinski definition) is 5. The summed E-state index contributed by atoms with van der Waals surface area (Å²) in [5.74, 6) is 0.373. The Bertz CT molecular complexity index is 1040. The summed E-state index contributed by atoms with van der Waals surface area (Å²) in [6.07, 6.45) is 3.82. The molecule has 8 nitrogen and oxygen atoms in total. The van der Waals surface area contributed by atoms with E-state index in [-0.39, 0.29) is 36.0 Å². The maximum absolute atomic E-state index is 13.0. The van der Waals surface area contributed by atoms with Crippen molar-refractivity contribution >= 4 is 20.0 Å². The van der Waals surface area contributed by atoms with E-state index in [1.165, 1.54) is 21.0 Å². The molecule has 1 aliphatic rings. The Kier molecular flexibility index (Phi) is 6.47. The van der Waals surface area contributed by atoms with Crippen molar-refractivity contribution in [1.29, 1.82) is 0 Å². The second-order valence-electron chi connectivity index (χ2n) is 7.22. The lowest BCUT2D eigenvalue weighted by Gasteiger charge is -2.33. The SMILES string of the molecule is CCC(C)c1ccc(S(=O)(=O)N2CCN(S(=O)(=O)c3cnn(CC)c3)CC2)cc1. The lowest BCUT2D eigenvalue weighted by atomic mass is 9.99. The molecule has 10 heteroatoms. The first-order chi connectivity index (χ1) is 13.7. The Morgan fingerprint density at radius 3 is 1.86 bits per heavy atom. The van der Waals surface area contributed by atoms with E-state index >= 15 is 0 Å². The van der Waals surface area contributed by atoms with E-state index in [9.17, 15) is 16.8 Å². The summed E-state index contributed by atoms with van der Waals surface area (Å²) in [6.45, 7) is 7.13. The third-order valence-electron chi connectivity index (χ3n) is 5.47. The van der Waals surface area contributed by atoms with Gasteiger partial charge in [0.15, 0.2) is 0 Å². The predicted octanol–water partition coefficient (Wildman–Crippen LogP) is 2.11. The molecule has 0 radical (unpaired) electrons. The van der Waals surface area contributed by atoms with E-state index in [0.29, 0.717) is 12.5 Å². The average molecular weight is 441 g/mol. The number of hydrogen-bond donors (Lipinski definition) is 0. The first-order valence-corrected chi connectivity index (χ1v) is 12.7. The number of benzene rings is 1. The van der Waals surface area contributed by atoms with Crippen LogP contribution in [0.3, 0.4) is 0 Å². The fourth-order valence-corrected chi connectivity index (χ4v) is 6.10. The molecule has 3 rings (SSSR count). The molecule has 0 N–H and O–H groups in total. The van der Waals surface area contributed by atoms with Crippen molar-refractivity contribution in [3.05, 3.63) is 42.2 Å². The van der Waals surface area contributed by atoms with Crippen LogP contribution >= 0.6 is 0 Å². The average Bonchev–Trinajstić information content (AvgIpc) is 3.23. The van der Waals surface area contributed by atoms with Crippen molar-refractivity contribution in [2.75, 3.05) is 26.2 Å². The Labute approximate surface area is 173 Å². The van der Waals surface area contributed by atoms with Crippen LogP contribution in [0, 0.1) is 0 Å². The summed E-state index contributed by atoms with van der Waals surface area (Å²) in [5.41, 5.74) is 1.11. The number of piperazine rings is 1. The van der Waals surface area contributed by atoms with Crippen LogP contribution in [-0.4, -0.2) is 61.4 Å². The molecule has 0 bridgehead atoms. The molecule has 160 valence electrons. The Balaban J connectivity index is 1.71. The van der Waals surface area contributed by atoms with Gasteiger partial charge < -0.3 is 0 Å². The molecule has 0 aliphatic carbocycles. The van der Waals surface area contributed by atoms with Crippen LogP contribution in [0.5, 0.6) is 0 Å². The number of aryl methyl sites for hydroxylation is 1. The minimum Gasteiger partial charge on any atom is -0.272 e. The molecule has 2 aromatic rings. The summed E-state index contributed by atoms with van der Waals surface area (Å²) in [5, 5.41) is 4.02. The van der Waals surface area contributed by atoms with Crippen LogP contribution < -0.4 is 0 Å². The molecular formula is C19H28N4O4S2. The van der Waals surface area contributed by atoms with Gasteiger partial charge in [-0.15, -0.1) is 0 Å². The molecular weight excluding hydrogens is 412 g/mol. The molecule has 1 atom stereocenters. The predicted molar refractivity (Wildman–Crippen MR) is 111 cm³/mol. The number of aromatic nitrogens is 2. The fourth-order valence-electron chi connectivity index (χ4n) is 3.30. The molecule has 2 heterocycles. The molecule has 1 aromatic carbocycles. The van der Waals surface area contributed by atoms with Crippen molar-refractivity contribution in [3.8, 4) is 0 Å². The van der Waals surface area contributed by atoms with Gasteiger partial charge in [-0.05, 0) is 37.0 Å². The molecule has 1 aromatic heterocycles. The van der Waals surface area contributed by atoms with E-state index in [2.05, 4.69) is 18.9 Å². The van der Waals surface area contributed by atoms with Crippen molar-refractivity contribution < 1.29 is 16.8 Å². The molecule has 1 fully saturated rings. The van der Waals surface area contributed by atoms with Gasteiger partial charge in [-0.25, -0.2) is 16.8 Å². The lowest BCUT2D eigenvalue weighted by Crippen LogP contribution is -2.50. The maximum Gasteiger partial charge on any atom is 0.246 e. The summed E-state index contributed by atoms with van der Waals surface area (Å²) >= 11 is 0. The summed E-state index contributed by atoms with van der Waals surface area (Å²) < 4.78 is 55.7. The van der Waals surface area contributed by atoms with Gasteiger partial charge in [0.1, 0.15) is 4.90 Å². The van der Waals surface area contributed by atoms with Crippen LogP contribution in [-0.2, 0) is 26.6 Å². The molecule has 29 heavy (non-hydrogen) atoms. The highest BCUT2D eigenvalue weighted by Crippen LogP contribution is 2.24. The van der Waals surface area contributed by atoms with Crippen LogP contribution in [0.1, 0.15) is 38.7 Å². The molecule has 0 amide bonds. The first-order valence-electron chi connectivity index (χ1n) is 9.82. The van der Waals surface area contributed by atoms with Gasteiger partial charge in [0.2, 0.25) is 20.0 Å². The highest BCUT2D eigenvalue weighted by atomic mass is 32.2. The van der Waals surface area contributed by atoms with Gasteiger partial charge >= 0.3 is 0 Å². The zero-order valence-corrected chi connectivity index (χ0v) is 18.7. The van der Waals surface area contributed by atoms with E-state index in [4.69, 9.17) is 0 Å². The molecule has 1 aliphatic heterocycles. The van der Waals surface area contributed by atoms with Gasteiger partial charge in [-0.2, -0.15) is 13.7 Å². The normalized spacial score (nSPS) is 18.0. The monoisotopic (exact) mass is 440 g/mol. The molecule has 1 saturated heterocycles. The zero-order valence-electron chi connectivity index (χ0n) is 17.0. The standard InChI is InChI=1S/C19H28N4O4S2/c1-4-16(3)17-6-8-18(9-7-17)28(24,25)22-10-12-23(13-11-22)29(26,27)19-14-20-21(5-2)15-19/h6-9,14-16H,4-5,10-13H2,1-3H3. The highest BCUT2D eigenvalue weighted by molar-refractivity contribution is 7.89. The minimum atomic E-state index is -3.67. The molecule has 1 unspecified atom stereocenters. The van der Waals surface area contributed by atoms with Crippen molar-refractivity contribution in [3.63, 3.8) is 0 Å². The fraction of sp³-hybridized carbons (Fsp3) is 0.526. The summed E-state index contributed by atoms with van der Waals surface area (Å²) in [7, 11) is -7.32. The smallest absolute Gasteiger partial charge is 0.246 e. The van der Waals surface area contributed by atoms with Gasteiger partial charge in [-0.3, -0.25) is 4.68 Å². The Morgan fingerprint density at radius 1 is 0.897 bits per heavy atom. The highest BCUT2D eigenvalue weighted by Gasteiger charge is 2.34. The van der Waals surface area contributed by atoms with Crippen molar-refractivity contribution in [2.45, 2.75) is 49.4 Å². The first kappa shape index (κ1) is 21.9. The second kappa shape index (κ2) is 8.55. The molecule has 0 saturated carbocycles. The van der Waals surface area contributed by atoms with E-state index < -0.39 is 20.0 Å². The number of nitrogens with zero attached hydrogens (tertiary/aromatic N) is 4. The van der Waals surface area contributed by atoms with Crippen LogP contribution in [0.2, 0.25) is 0 Å². The largest absolute Gasteiger partial charge is 0.272 e. The third-order valence-corrected chi connectivity index (χ3v) is 9.23. The topological polar surface area (TPSA) is 92.6 Å². The summed E-state index contributed by atoms with van der Waals surface area (Å²) in [6, 6.07) is 6.98. The minimum absolute atomic E-state index is 0.115. The van der Waals surface area contributed by atoms with Crippen molar-refractivity contribution in [1.82, 2.24) is 18.4 Å². The summed E-state index contributed by atoms with van der Waals surface area (Å²) in [4.78, 5) is 0.376. The van der Waals surface area contributed by atoms with Gasteiger partial charge in [0.25, 0.3) is 0 Å². The van der Waals surface area contributed by atoms with Gasteiger partial charge in [0.05, 0.1) is 11.1 Å². The van der Waals surface area contributed by atoms with E-state index in [0.717, 1.165) is 12.0 Å². The number of rotatable bonds is 7. The lowest BCUT2D eigenvalue weighted by molar-refractivity contribution is 0.273. The zero-order chi connectivity index (χ0) is 21.2. The van der Waals surface area contributed by atoms with Gasteiger partial charge in [-0.1, -0.05) is 26.0 Å². The van der Waals surface area contributed by atoms with E-state index in [1.807, 2.05) is 19.1 Å². The van der Waals surface area contributed by atoms with E-state index in [1.54, 1.807) is 16.8 Å². The Hall–Kier alpha value is -1.75. The Morgan fingerprint density at radius 2 is 1.41 bits per heavy atom. The van der Waals surface area contributed by atoms with Gasteiger partial charge in [0, 0.05) is 38.9 Å². The van der Waals surface area contributed by atoms with Crippen LogP contribution in [0.4, 0.5) is 0 Å². The quantitative estimate of drug-likeness (QED) is 0.657. The number of sulfonamides is 2. The van der Waals surface area contributed by atoms with Crippen LogP contribution in [0.25, 0.3) is 0 Å².